The summed E-state index contributed by atoms with van der Waals surface area (Å²) in [6.07, 6.45) is -2.78. The van der Waals surface area contributed by atoms with Crippen molar-refractivity contribution in [2.45, 2.75) is 44.3 Å². The lowest BCUT2D eigenvalue weighted by atomic mass is 9.82. The smallest absolute Gasteiger partial charge is 0.391 e. The van der Waals surface area contributed by atoms with Gasteiger partial charge in [-0.25, -0.2) is 9.78 Å². The molecule has 0 saturated carbocycles. The Kier molecular flexibility index (Phi) is 6.62. The summed E-state index contributed by atoms with van der Waals surface area (Å²) in [6, 6.07) is 13.1. The number of benzene rings is 2. The van der Waals surface area contributed by atoms with E-state index >= 15 is 0 Å². The quantitative estimate of drug-likeness (QED) is 0.355. The van der Waals surface area contributed by atoms with E-state index in [0.29, 0.717) is 22.2 Å². The van der Waals surface area contributed by atoms with E-state index in [9.17, 15) is 23.1 Å². The second kappa shape index (κ2) is 9.62. The van der Waals surface area contributed by atoms with Gasteiger partial charge in [-0.2, -0.15) is 18.4 Å². The van der Waals surface area contributed by atoms with Crippen molar-refractivity contribution in [3.05, 3.63) is 60.4 Å². The van der Waals surface area contributed by atoms with Gasteiger partial charge in [-0.3, -0.25) is 0 Å². The minimum absolute atomic E-state index is 0.117. The lowest BCUT2D eigenvalue weighted by molar-refractivity contribution is -0.172. The molecular formula is C23H23F3N6O2. The number of halogens is 3. The van der Waals surface area contributed by atoms with Gasteiger partial charge in [0.1, 0.15) is 6.04 Å². The molecule has 4 aromatic rings. The molecule has 0 saturated heterocycles. The number of tetrazole rings is 1. The summed E-state index contributed by atoms with van der Waals surface area (Å²) < 4.78 is 42.0. The van der Waals surface area contributed by atoms with Crippen LogP contribution in [0.4, 0.5) is 13.2 Å². The predicted octanol–water partition coefficient (Wildman–Crippen LogP) is 4.99. The van der Waals surface area contributed by atoms with Gasteiger partial charge in [0.25, 0.3) is 0 Å². The number of fused-ring (bicyclic) bond motifs is 1. The van der Waals surface area contributed by atoms with E-state index in [-0.39, 0.29) is 25.1 Å². The third-order valence-corrected chi connectivity index (χ3v) is 6.07. The van der Waals surface area contributed by atoms with Crippen LogP contribution in [0.2, 0.25) is 0 Å². The lowest BCUT2D eigenvalue weighted by Crippen LogP contribution is -2.24. The van der Waals surface area contributed by atoms with E-state index in [0.717, 1.165) is 6.92 Å². The van der Waals surface area contributed by atoms with Crippen LogP contribution in [-0.4, -0.2) is 47.4 Å². The largest absolute Gasteiger partial charge is 0.480 e. The SMILES string of the molecule is CC(CC(CCC(C(=O)O)n1cnc2ccccc21)c1ccccc1-c1nn[nH]n1)C(F)(F)F. The Morgan fingerprint density at radius 1 is 1.12 bits per heavy atom. The molecule has 0 aliphatic carbocycles. The van der Waals surface area contributed by atoms with Crippen molar-refractivity contribution in [3.63, 3.8) is 0 Å². The molecule has 3 unspecified atom stereocenters. The summed E-state index contributed by atoms with van der Waals surface area (Å²) in [5.74, 6) is -2.95. The van der Waals surface area contributed by atoms with Crippen LogP contribution in [-0.2, 0) is 4.79 Å². The molecule has 0 fully saturated rings. The molecule has 178 valence electrons. The summed E-state index contributed by atoms with van der Waals surface area (Å²) in [5.41, 5.74) is 2.50. The van der Waals surface area contributed by atoms with Crippen LogP contribution in [0.15, 0.2) is 54.9 Å². The second-order valence-corrected chi connectivity index (χ2v) is 8.27. The van der Waals surface area contributed by atoms with Crippen LogP contribution < -0.4 is 0 Å². The first-order valence-corrected chi connectivity index (χ1v) is 10.8. The highest BCUT2D eigenvalue weighted by molar-refractivity contribution is 5.79. The van der Waals surface area contributed by atoms with Crippen molar-refractivity contribution >= 4 is 17.0 Å². The number of hydrogen-bond acceptors (Lipinski definition) is 5. The molecule has 2 N–H and O–H groups in total. The van der Waals surface area contributed by atoms with Crippen LogP contribution in [0, 0.1) is 5.92 Å². The molecule has 0 aliphatic heterocycles. The van der Waals surface area contributed by atoms with Gasteiger partial charge in [-0.05, 0) is 48.1 Å². The number of aromatic nitrogens is 6. The number of nitrogens with one attached hydrogen (secondary N) is 1. The van der Waals surface area contributed by atoms with Crippen molar-refractivity contribution in [2.75, 3.05) is 0 Å². The summed E-state index contributed by atoms with van der Waals surface area (Å²) in [6.45, 7) is 1.14. The molecule has 0 radical (unpaired) electrons. The fraction of sp³-hybridized carbons (Fsp3) is 0.348. The molecule has 3 atom stereocenters. The van der Waals surface area contributed by atoms with Gasteiger partial charge in [0.2, 0.25) is 5.82 Å². The zero-order valence-corrected chi connectivity index (χ0v) is 18.3. The molecule has 34 heavy (non-hydrogen) atoms. The number of hydrogen-bond donors (Lipinski definition) is 2. The van der Waals surface area contributed by atoms with Gasteiger partial charge >= 0.3 is 12.1 Å². The highest BCUT2D eigenvalue weighted by Crippen LogP contribution is 2.40. The van der Waals surface area contributed by atoms with Gasteiger partial charge in [0.05, 0.1) is 23.3 Å². The highest BCUT2D eigenvalue weighted by Gasteiger charge is 2.38. The Morgan fingerprint density at radius 2 is 1.85 bits per heavy atom. The number of aliphatic carboxylic acids is 1. The molecule has 0 aliphatic rings. The Hall–Kier alpha value is -3.76. The van der Waals surface area contributed by atoms with Crippen molar-refractivity contribution in [2.24, 2.45) is 5.92 Å². The van der Waals surface area contributed by atoms with Gasteiger partial charge in [0, 0.05) is 5.56 Å². The van der Waals surface area contributed by atoms with Gasteiger partial charge < -0.3 is 9.67 Å². The average molecular weight is 472 g/mol. The third kappa shape index (κ3) is 4.92. The number of carboxylic acid groups (broad SMARTS) is 1. The minimum atomic E-state index is -4.37. The number of para-hydroxylation sites is 2. The number of aromatic amines is 1. The molecule has 0 spiro atoms. The summed E-state index contributed by atoms with van der Waals surface area (Å²) in [5, 5.41) is 23.8. The maximum Gasteiger partial charge on any atom is 0.391 e. The lowest BCUT2D eigenvalue weighted by Gasteiger charge is -2.26. The van der Waals surface area contributed by atoms with Crippen LogP contribution in [0.5, 0.6) is 0 Å². The maximum atomic E-state index is 13.5. The summed E-state index contributed by atoms with van der Waals surface area (Å²) >= 11 is 0. The van der Waals surface area contributed by atoms with E-state index in [4.69, 9.17) is 0 Å². The van der Waals surface area contributed by atoms with Gasteiger partial charge in [-0.15, -0.1) is 10.2 Å². The topological polar surface area (TPSA) is 110 Å². The highest BCUT2D eigenvalue weighted by atomic mass is 19.4. The first kappa shape index (κ1) is 23.4. The zero-order valence-electron chi connectivity index (χ0n) is 18.3. The Bertz CT molecular complexity index is 1260. The molecule has 4 rings (SSSR count). The zero-order chi connectivity index (χ0) is 24.3. The molecule has 0 amide bonds. The second-order valence-electron chi connectivity index (χ2n) is 8.27. The Balaban J connectivity index is 1.67. The van der Waals surface area contributed by atoms with Crippen molar-refractivity contribution in [1.29, 1.82) is 0 Å². The van der Waals surface area contributed by atoms with E-state index in [2.05, 4.69) is 25.6 Å². The normalized spacial score (nSPS) is 14.7. The van der Waals surface area contributed by atoms with Crippen molar-refractivity contribution in [3.8, 4) is 11.4 Å². The van der Waals surface area contributed by atoms with E-state index in [1.807, 2.05) is 0 Å². The first-order valence-electron chi connectivity index (χ1n) is 10.8. The monoisotopic (exact) mass is 472 g/mol. The molecule has 0 bridgehead atoms. The minimum Gasteiger partial charge on any atom is -0.480 e. The standard InChI is InChI=1S/C23H23F3N6O2/c1-14(23(24,25)26)12-15(16-6-2-3-7-17(16)21-28-30-31-29-21)10-11-20(22(33)34)32-13-27-18-8-4-5-9-19(18)32/h2-9,13-15,20H,10-12H2,1H3,(H,33,34)(H,28,29,30,31). The molecule has 11 heteroatoms. The number of alkyl halides is 3. The number of carboxylic acids is 1. The van der Waals surface area contributed by atoms with Crippen LogP contribution in [0.3, 0.4) is 0 Å². The number of H-pyrrole nitrogens is 1. The van der Waals surface area contributed by atoms with Crippen molar-refractivity contribution < 1.29 is 23.1 Å². The van der Waals surface area contributed by atoms with E-state index in [1.54, 1.807) is 53.1 Å². The Morgan fingerprint density at radius 3 is 2.56 bits per heavy atom. The van der Waals surface area contributed by atoms with Crippen LogP contribution in [0.1, 0.15) is 43.7 Å². The molecule has 2 heterocycles. The Labute approximate surface area is 192 Å². The molecule has 2 aromatic heterocycles. The number of carbonyl (C=O) groups is 1. The van der Waals surface area contributed by atoms with Crippen LogP contribution >= 0.6 is 0 Å². The van der Waals surface area contributed by atoms with Crippen molar-refractivity contribution in [1.82, 2.24) is 30.2 Å². The number of rotatable bonds is 9. The summed E-state index contributed by atoms with van der Waals surface area (Å²) in [4.78, 5) is 16.4. The average Bonchev–Trinajstić information content (AvgIpc) is 3.48. The van der Waals surface area contributed by atoms with E-state index < -0.39 is 30.0 Å². The fourth-order valence-electron chi connectivity index (χ4n) is 4.26. The number of imidazole rings is 1. The maximum absolute atomic E-state index is 13.5. The van der Waals surface area contributed by atoms with Gasteiger partial charge in [0.15, 0.2) is 0 Å². The van der Waals surface area contributed by atoms with Gasteiger partial charge in [-0.1, -0.05) is 43.3 Å². The summed E-state index contributed by atoms with van der Waals surface area (Å²) in [7, 11) is 0. The van der Waals surface area contributed by atoms with E-state index in [1.165, 1.54) is 6.33 Å². The first-order chi connectivity index (χ1) is 16.3. The predicted molar refractivity (Wildman–Crippen MR) is 118 cm³/mol. The number of nitrogens with zero attached hydrogens (tertiary/aromatic N) is 5. The fourth-order valence-corrected chi connectivity index (χ4v) is 4.26. The van der Waals surface area contributed by atoms with Crippen LogP contribution in [0.25, 0.3) is 22.4 Å². The third-order valence-electron chi connectivity index (χ3n) is 6.07. The molecular weight excluding hydrogens is 449 g/mol. The molecule has 2 aromatic carbocycles. The molecule has 8 nitrogen and oxygen atoms in total.